The SMILES string of the molecule is CC1CCCC(OC(=O)c2ccc(N(C)C)c(N)c2)C1. The Morgan fingerprint density at radius 1 is 1.35 bits per heavy atom. The second-order valence-electron chi connectivity index (χ2n) is 5.97. The molecule has 1 fully saturated rings. The molecule has 2 atom stereocenters. The van der Waals surface area contributed by atoms with Crippen LogP contribution in [0.1, 0.15) is 43.0 Å². The van der Waals surface area contributed by atoms with Crippen LogP contribution in [-0.2, 0) is 4.74 Å². The lowest BCUT2D eigenvalue weighted by Gasteiger charge is -2.26. The van der Waals surface area contributed by atoms with E-state index >= 15 is 0 Å². The first-order valence-corrected chi connectivity index (χ1v) is 7.25. The molecule has 1 saturated carbocycles. The third-order valence-corrected chi connectivity index (χ3v) is 3.91. The lowest BCUT2D eigenvalue weighted by molar-refractivity contribution is 0.0155. The van der Waals surface area contributed by atoms with Crippen molar-refractivity contribution in [2.24, 2.45) is 5.92 Å². The normalized spacial score (nSPS) is 22.4. The van der Waals surface area contributed by atoms with Gasteiger partial charge in [-0.2, -0.15) is 0 Å². The summed E-state index contributed by atoms with van der Waals surface area (Å²) in [5.74, 6) is 0.379. The Morgan fingerprint density at radius 2 is 2.10 bits per heavy atom. The lowest BCUT2D eigenvalue weighted by atomic mass is 9.89. The number of hydrogen-bond acceptors (Lipinski definition) is 4. The maximum atomic E-state index is 12.2. The van der Waals surface area contributed by atoms with Crippen LogP contribution in [0.5, 0.6) is 0 Å². The van der Waals surface area contributed by atoms with Crippen LogP contribution in [-0.4, -0.2) is 26.2 Å². The van der Waals surface area contributed by atoms with Crippen molar-refractivity contribution in [1.29, 1.82) is 0 Å². The van der Waals surface area contributed by atoms with E-state index in [4.69, 9.17) is 10.5 Å². The molecular weight excluding hydrogens is 252 g/mol. The number of rotatable bonds is 3. The number of hydrogen-bond donors (Lipinski definition) is 1. The Morgan fingerprint density at radius 3 is 2.70 bits per heavy atom. The zero-order chi connectivity index (χ0) is 14.7. The van der Waals surface area contributed by atoms with Crippen LogP contribution in [0.3, 0.4) is 0 Å². The second-order valence-corrected chi connectivity index (χ2v) is 5.97. The first kappa shape index (κ1) is 14.7. The summed E-state index contributed by atoms with van der Waals surface area (Å²) in [6, 6.07) is 5.33. The molecule has 0 heterocycles. The van der Waals surface area contributed by atoms with Crippen molar-refractivity contribution >= 4 is 17.3 Å². The Hall–Kier alpha value is -1.71. The topological polar surface area (TPSA) is 55.6 Å². The Labute approximate surface area is 120 Å². The fourth-order valence-corrected chi connectivity index (χ4v) is 2.79. The molecule has 1 aliphatic carbocycles. The molecule has 1 aromatic rings. The van der Waals surface area contributed by atoms with E-state index in [0.717, 1.165) is 24.9 Å². The van der Waals surface area contributed by atoms with Gasteiger partial charge in [-0.1, -0.05) is 13.3 Å². The van der Waals surface area contributed by atoms with E-state index < -0.39 is 0 Å². The van der Waals surface area contributed by atoms with E-state index in [0.29, 0.717) is 17.2 Å². The molecule has 2 rings (SSSR count). The molecule has 4 heteroatoms. The van der Waals surface area contributed by atoms with Gasteiger partial charge in [0.2, 0.25) is 0 Å². The molecule has 0 aliphatic heterocycles. The standard InChI is InChI=1S/C16H24N2O2/c1-11-5-4-6-13(9-11)20-16(19)12-7-8-15(18(2)3)14(17)10-12/h7-8,10-11,13H,4-6,9,17H2,1-3H3. The minimum absolute atomic E-state index is 0.0565. The van der Waals surface area contributed by atoms with Crippen molar-refractivity contribution in [2.45, 2.75) is 38.7 Å². The zero-order valence-electron chi connectivity index (χ0n) is 12.6. The number of esters is 1. The summed E-state index contributed by atoms with van der Waals surface area (Å²) in [5, 5.41) is 0. The van der Waals surface area contributed by atoms with E-state index in [2.05, 4.69) is 6.92 Å². The Bertz CT molecular complexity index is 485. The number of ether oxygens (including phenoxy) is 1. The zero-order valence-corrected chi connectivity index (χ0v) is 12.6. The maximum absolute atomic E-state index is 12.2. The minimum atomic E-state index is -0.263. The average Bonchev–Trinajstić information content (AvgIpc) is 2.38. The Balaban J connectivity index is 2.04. The molecule has 110 valence electrons. The number of nitrogens with two attached hydrogens (primary N) is 1. The smallest absolute Gasteiger partial charge is 0.338 e. The van der Waals surface area contributed by atoms with E-state index in [1.165, 1.54) is 6.42 Å². The lowest BCUT2D eigenvalue weighted by Crippen LogP contribution is -2.24. The van der Waals surface area contributed by atoms with Crippen molar-refractivity contribution in [3.05, 3.63) is 23.8 Å². The van der Waals surface area contributed by atoms with E-state index in [1.807, 2.05) is 25.1 Å². The summed E-state index contributed by atoms with van der Waals surface area (Å²) >= 11 is 0. The summed E-state index contributed by atoms with van der Waals surface area (Å²) in [6.45, 7) is 2.21. The van der Waals surface area contributed by atoms with Gasteiger partial charge in [0.15, 0.2) is 0 Å². The summed E-state index contributed by atoms with van der Waals surface area (Å²) in [6.07, 6.45) is 4.37. The summed E-state index contributed by atoms with van der Waals surface area (Å²) in [4.78, 5) is 14.1. The molecule has 0 aromatic heterocycles. The van der Waals surface area contributed by atoms with Gasteiger partial charge in [0.1, 0.15) is 6.10 Å². The van der Waals surface area contributed by atoms with Gasteiger partial charge in [0.05, 0.1) is 16.9 Å². The molecule has 0 radical (unpaired) electrons. The van der Waals surface area contributed by atoms with Gasteiger partial charge in [0.25, 0.3) is 0 Å². The third-order valence-electron chi connectivity index (χ3n) is 3.91. The molecule has 0 saturated heterocycles. The van der Waals surface area contributed by atoms with Gasteiger partial charge in [-0.25, -0.2) is 4.79 Å². The van der Waals surface area contributed by atoms with Crippen LogP contribution in [0.2, 0.25) is 0 Å². The molecule has 0 bridgehead atoms. The second kappa shape index (κ2) is 6.16. The van der Waals surface area contributed by atoms with Gasteiger partial charge in [-0.05, 0) is 43.4 Å². The molecule has 1 aromatic carbocycles. The number of nitrogen functional groups attached to an aromatic ring is 1. The van der Waals surface area contributed by atoms with Crippen LogP contribution >= 0.6 is 0 Å². The predicted octanol–water partition coefficient (Wildman–Crippen LogP) is 3.07. The van der Waals surface area contributed by atoms with Crippen molar-refractivity contribution in [3.8, 4) is 0 Å². The van der Waals surface area contributed by atoms with Crippen LogP contribution in [0.4, 0.5) is 11.4 Å². The number of carbonyl (C=O) groups excluding carboxylic acids is 1. The van der Waals surface area contributed by atoms with Gasteiger partial charge in [-0.3, -0.25) is 0 Å². The van der Waals surface area contributed by atoms with Crippen molar-refractivity contribution in [3.63, 3.8) is 0 Å². The van der Waals surface area contributed by atoms with Crippen molar-refractivity contribution in [2.75, 3.05) is 24.7 Å². The molecule has 4 nitrogen and oxygen atoms in total. The number of benzene rings is 1. The predicted molar refractivity (Wildman–Crippen MR) is 82.0 cm³/mol. The average molecular weight is 276 g/mol. The van der Waals surface area contributed by atoms with Crippen LogP contribution in [0, 0.1) is 5.92 Å². The quantitative estimate of drug-likeness (QED) is 0.681. The fourth-order valence-electron chi connectivity index (χ4n) is 2.79. The van der Waals surface area contributed by atoms with Crippen LogP contribution < -0.4 is 10.6 Å². The third kappa shape index (κ3) is 3.44. The highest BCUT2D eigenvalue weighted by Gasteiger charge is 2.23. The molecule has 2 unspecified atom stereocenters. The molecule has 20 heavy (non-hydrogen) atoms. The van der Waals surface area contributed by atoms with E-state index in [-0.39, 0.29) is 12.1 Å². The molecule has 2 N–H and O–H groups in total. The maximum Gasteiger partial charge on any atom is 0.338 e. The monoisotopic (exact) mass is 276 g/mol. The minimum Gasteiger partial charge on any atom is -0.459 e. The number of nitrogens with zero attached hydrogens (tertiary/aromatic N) is 1. The molecule has 0 spiro atoms. The van der Waals surface area contributed by atoms with Gasteiger partial charge in [0, 0.05) is 14.1 Å². The van der Waals surface area contributed by atoms with E-state index in [9.17, 15) is 4.79 Å². The first-order chi connectivity index (χ1) is 9.47. The van der Waals surface area contributed by atoms with Crippen molar-refractivity contribution in [1.82, 2.24) is 0 Å². The summed E-state index contributed by atoms with van der Waals surface area (Å²) in [7, 11) is 3.85. The van der Waals surface area contributed by atoms with E-state index in [1.54, 1.807) is 12.1 Å². The highest BCUT2D eigenvalue weighted by molar-refractivity contribution is 5.92. The van der Waals surface area contributed by atoms with Gasteiger partial charge in [-0.15, -0.1) is 0 Å². The first-order valence-electron chi connectivity index (χ1n) is 7.25. The van der Waals surface area contributed by atoms with Crippen molar-refractivity contribution < 1.29 is 9.53 Å². The largest absolute Gasteiger partial charge is 0.459 e. The molecular formula is C16H24N2O2. The highest BCUT2D eigenvalue weighted by atomic mass is 16.5. The molecule has 1 aliphatic rings. The van der Waals surface area contributed by atoms with Crippen LogP contribution in [0.25, 0.3) is 0 Å². The highest BCUT2D eigenvalue weighted by Crippen LogP contribution is 2.27. The summed E-state index contributed by atoms with van der Waals surface area (Å²) < 4.78 is 5.60. The summed E-state index contributed by atoms with van der Waals surface area (Å²) in [5.41, 5.74) is 8.01. The van der Waals surface area contributed by atoms with Crippen LogP contribution in [0.15, 0.2) is 18.2 Å². The Kier molecular flexibility index (Phi) is 4.53. The van der Waals surface area contributed by atoms with Gasteiger partial charge >= 0.3 is 5.97 Å². The van der Waals surface area contributed by atoms with Gasteiger partial charge < -0.3 is 15.4 Å². The number of carbonyl (C=O) groups is 1. The molecule has 0 amide bonds. The fraction of sp³-hybridized carbons (Fsp3) is 0.562. The number of anilines is 2.